The molecule has 1 fully saturated rings. The van der Waals surface area contributed by atoms with E-state index < -0.39 is 0 Å². The number of carbonyl (C=O) groups excluding carboxylic acids is 1. The molecule has 0 radical (unpaired) electrons. The quantitative estimate of drug-likeness (QED) is 0.752. The first-order chi connectivity index (χ1) is 7.02. The molecule has 1 rings (SSSR count). The summed E-state index contributed by atoms with van der Waals surface area (Å²) in [5.41, 5.74) is 5.51. The number of rotatable bonds is 5. The lowest BCUT2D eigenvalue weighted by atomic mass is 9.68. The van der Waals surface area contributed by atoms with Crippen molar-refractivity contribution in [3.05, 3.63) is 0 Å². The van der Waals surface area contributed by atoms with Crippen LogP contribution >= 0.6 is 0 Å². The van der Waals surface area contributed by atoms with Gasteiger partial charge in [-0.1, -0.05) is 20.3 Å². The summed E-state index contributed by atoms with van der Waals surface area (Å²) in [6.07, 6.45) is 4.19. The lowest BCUT2D eigenvalue weighted by Crippen LogP contribution is -2.51. The maximum absolute atomic E-state index is 12.1. The molecule has 3 heteroatoms. The van der Waals surface area contributed by atoms with Gasteiger partial charge in [-0.25, -0.2) is 0 Å². The number of nitrogens with two attached hydrogens (primary N) is 1. The van der Waals surface area contributed by atoms with E-state index in [4.69, 9.17) is 5.73 Å². The van der Waals surface area contributed by atoms with Gasteiger partial charge in [0.15, 0.2) is 0 Å². The average Bonchev–Trinajstić information content (AvgIpc) is 2.13. The van der Waals surface area contributed by atoms with Crippen LogP contribution in [0.4, 0.5) is 0 Å². The van der Waals surface area contributed by atoms with Gasteiger partial charge in [0.25, 0.3) is 0 Å². The fraction of sp³-hybridized carbons (Fsp3) is 0.917. The molecule has 0 unspecified atom stereocenters. The van der Waals surface area contributed by atoms with Crippen LogP contribution in [0.25, 0.3) is 0 Å². The first-order valence-corrected chi connectivity index (χ1v) is 5.97. The van der Waals surface area contributed by atoms with Gasteiger partial charge in [-0.2, -0.15) is 0 Å². The van der Waals surface area contributed by atoms with Crippen molar-refractivity contribution in [2.45, 2.75) is 39.5 Å². The van der Waals surface area contributed by atoms with Gasteiger partial charge >= 0.3 is 0 Å². The first-order valence-electron chi connectivity index (χ1n) is 5.97. The Morgan fingerprint density at radius 3 is 2.40 bits per heavy atom. The van der Waals surface area contributed by atoms with Crippen LogP contribution in [0.2, 0.25) is 0 Å². The van der Waals surface area contributed by atoms with Gasteiger partial charge in [0.05, 0.1) is 5.41 Å². The zero-order valence-corrected chi connectivity index (χ0v) is 10.3. The topological polar surface area (TPSA) is 46.3 Å². The van der Waals surface area contributed by atoms with Crippen LogP contribution in [0.3, 0.4) is 0 Å². The molecule has 1 amide bonds. The molecular weight excluding hydrogens is 188 g/mol. The van der Waals surface area contributed by atoms with E-state index in [0.29, 0.717) is 12.5 Å². The van der Waals surface area contributed by atoms with Crippen LogP contribution in [0.5, 0.6) is 0 Å². The highest BCUT2D eigenvalue weighted by atomic mass is 16.2. The first kappa shape index (κ1) is 12.5. The number of hydrogen-bond acceptors (Lipinski definition) is 2. The van der Waals surface area contributed by atoms with E-state index in [-0.39, 0.29) is 11.3 Å². The summed E-state index contributed by atoms with van der Waals surface area (Å²) in [6, 6.07) is 0. The van der Waals surface area contributed by atoms with Crippen LogP contribution in [0, 0.1) is 11.3 Å². The van der Waals surface area contributed by atoms with Crippen LogP contribution in [-0.4, -0.2) is 30.9 Å². The highest BCUT2D eigenvalue weighted by Gasteiger charge is 2.44. The van der Waals surface area contributed by atoms with Crippen LogP contribution in [0.15, 0.2) is 0 Å². The average molecular weight is 212 g/mol. The monoisotopic (exact) mass is 212 g/mol. The molecular formula is C12H24N2O. The van der Waals surface area contributed by atoms with Gasteiger partial charge in [-0.05, 0) is 25.2 Å². The lowest BCUT2D eigenvalue weighted by molar-refractivity contribution is -0.145. The van der Waals surface area contributed by atoms with Crippen molar-refractivity contribution in [1.82, 2.24) is 4.90 Å². The van der Waals surface area contributed by atoms with Crippen LogP contribution < -0.4 is 5.73 Å². The van der Waals surface area contributed by atoms with E-state index in [1.54, 1.807) is 0 Å². The minimum Gasteiger partial charge on any atom is -0.345 e. The zero-order valence-electron chi connectivity index (χ0n) is 10.3. The molecule has 3 nitrogen and oxygen atoms in total. The van der Waals surface area contributed by atoms with Gasteiger partial charge < -0.3 is 10.6 Å². The Kier molecular flexibility index (Phi) is 4.14. The normalized spacial score (nSPS) is 18.7. The second-order valence-corrected chi connectivity index (χ2v) is 5.25. The largest absolute Gasteiger partial charge is 0.345 e. The highest BCUT2D eigenvalue weighted by Crippen LogP contribution is 2.41. The van der Waals surface area contributed by atoms with E-state index in [1.165, 1.54) is 0 Å². The van der Waals surface area contributed by atoms with Crippen molar-refractivity contribution in [3.8, 4) is 0 Å². The molecule has 2 N–H and O–H groups in total. The summed E-state index contributed by atoms with van der Waals surface area (Å²) in [7, 11) is 1.90. The molecule has 0 bridgehead atoms. The van der Waals surface area contributed by atoms with Crippen LogP contribution in [-0.2, 0) is 4.79 Å². The Morgan fingerprint density at radius 2 is 2.07 bits per heavy atom. The van der Waals surface area contributed by atoms with E-state index in [1.807, 2.05) is 11.9 Å². The van der Waals surface area contributed by atoms with Gasteiger partial charge in [0, 0.05) is 20.1 Å². The number of hydrogen-bond donors (Lipinski definition) is 1. The molecule has 0 atom stereocenters. The zero-order chi connectivity index (χ0) is 11.5. The molecule has 0 aromatic rings. The maximum Gasteiger partial charge on any atom is 0.229 e. The Morgan fingerprint density at radius 1 is 1.47 bits per heavy atom. The maximum atomic E-state index is 12.1. The van der Waals surface area contributed by atoms with Gasteiger partial charge in [0.1, 0.15) is 0 Å². The molecule has 0 aromatic carbocycles. The molecule has 1 saturated carbocycles. The second kappa shape index (κ2) is 4.97. The van der Waals surface area contributed by atoms with E-state index in [0.717, 1.165) is 32.2 Å². The summed E-state index contributed by atoms with van der Waals surface area (Å²) in [5.74, 6) is 0.910. The Bertz CT molecular complexity index is 216. The Hall–Kier alpha value is -0.570. The summed E-state index contributed by atoms with van der Waals surface area (Å²) < 4.78 is 0. The third kappa shape index (κ3) is 2.71. The SMILES string of the molecule is CC(C)CCN(C)C(=O)C1(CN)CCC1. The molecule has 0 spiro atoms. The summed E-state index contributed by atoms with van der Waals surface area (Å²) in [6.45, 7) is 5.73. The standard InChI is InChI=1S/C12H24N2O/c1-10(2)5-8-14(3)11(15)12(9-13)6-4-7-12/h10H,4-9,13H2,1-3H3. The van der Waals surface area contributed by atoms with Gasteiger partial charge in [0.2, 0.25) is 5.91 Å². The molecule has 0 heterocycles. The number of carbonyl (C=O) groups is 1. The molecule has 0 aliphatic heterocycles. The van der Waals surface area contributed by atoms with Crippen molar-refractivity contribution in [2.24, 2.45) is 17.1 Å². The fourth-order valence-electron chi connectivity index (χ4n) is 2.07. The van der Waals surface area contributed by atoms with Crippen molar-refractivity contribution in [2.75, 3.05) is 20.1 Å². The lowest BCUT2D eigenvalue weighted by Gasteiger charge is -2.41. The molecule has 0 saturated heterocycles. The minimum atomic E-state index is -0.203. The predicted molar refractivity (Wildman–Crippen MR) is 62.4 cm³/mol. The summed E-state index contributed by atoms with van der Waals surface area (Å²) in [5, 5.41) is 0. The predicted octanol–water partition coefficient (Wildman–Crippen LogP) is 1.62. The molecule has 15 heavy (non-hydrogen) atoms. The third-order valence-corrected chi connectivity index (χ3v) is 3.54. The van der Waals surface area contributed by atoms with Crippen molar-refractivity contribution in [3.63, 3.8) is 0 Å². The summed E-state index contributed by atoms with van der Waals surface area (Å²) >= 11 is 0. The van der Waals surface area contributed by atoms with Gasteiger partial charge in [-0.3, -0.25) is 4.79 Å². The third-order valence-electron chi connectivity index (χ3n) is 3.54. The number of amides is 1. The molecule has 88 valence electrons. The van der Waals surface area contributed by atoms with E-state index in [2.05, 4.69) is 13.8 Å². The van der Waals surface area contributed by atoms with Crippen LogP contribution in [0.1, 0.15) is 39.5 Å². The van der Waals surface area contributed by atoms with E-state index in [9.17, 15) is 4.79 Å². The molecule has 0 aromatic heterocycles. The van der Waals surface area contributed by atoms with Crippen molar-refractivity contribution < 1.29 is 4.79 Å². The Labute approximate surface area is 93.0 Å². The van der Waals surface area contributed by atoms with Crippen molar-refractivity contribution in [1.29, 1.82) is 0 Å². The molecule has 1 aliphatic carbocycles. The number of nitrogens with zero attached hydrogens (tertiary/aromatic N) is 1. The highest BCUT2D eigenvalue weighted by molar-refractivity contribution is 5.83. The van der Waals surface area contributed by atoms with Gasteiger partial charge in [-0.15, -0.1) is 0 Å². The fourth-order valence-corrected chi connectivity index (χ4v) is 2.07. The smallest absolute Gasteiger partial charge is 0.229 e. The summed E-state index contributed by atoms with van der Waals surface area (Å²) in [4.78, 5) is 14.0. The van der Waals surface area contributed by atoms with E-state index >= 15 is 0 Å². The minimum absolute atomic E-state index is 0.203. The van der Waals surface area contributed by atoms with Crippen molar-refractivity contribution >= 4 is 5.91 Å². The second-order valence-electron chi connectivity index (χ2n) is 5.25. The Balaban J connectivity index is 2.44. The molecule has 1 aliphatic rings.